The minimum atomic E-state index is -0.238. The summed E-state index contributed by atoms with van der Waals surface area (Å²) < 4.78 is 5.13. The number of nitrogens with one attached hydrogen (secondary N) is 2. The van der Waals surface area contributed by atoms with Crippen LogP contribution in [0.1, 0.15) is 23.0 Å². The van der Waals surface area contributed by atoms with Crippen molar-refractivity contribution in [2.75, 3.05) is 24.3 Å². The number of benzene rings is 1. The summed E-state index contributed by atoms with van der Waals surface area (Å²) in [5, 5.41) is 6.03. The maximum Gasteiger partial charge on any atom is 0.274 e. The average molecular weight is 285 g/mol. The highest BCUT2D eigenvalue weighted by Gasteiger charge is 2.10. The van der Waals surface area contributed by atoms with Crippen LogP contribution in [0.15, 0.2) is 42.6 Å². The van der Waals surface area contributed by atoms with Crippen LogP contribution in [0.4, 0.5) is 11.4 Å². The van der Waals surface area contributed by atoms with Gasteiger partial charge in [0.1, 0.15) is 5.69 Å². The SMILES string of the molecule is CCNc1ccnc(C(=O)Nc2ccccc2COC)c1. The predicted octanol–water partition coefficient (Wildman–Crippen LogP) is 2.91. The summed E-state index contributed by atoms with van der Waals surface area (Å²) in [6, 6.07) is 11.1. The van der Waals surface area contributed by atoms with Crippen molar-refractivity contribution in [1.82, 2.24) is 4.98 Å². The molecule has 1 aromatic heterocycles. The second-order valence-corrected chi connectivity index (χ2v) is 4.50. The van der Waals surface area contributed by atoms with Crippen molar-refractivity contribution >= 4 is 17.3 Å². The first-order valence-corrected chi connectivity index (χ1v) is 6.82. The van der Waals surface area contributed by atoms with E-state index < -0.39 is 0 Å². The van der Waals surface area contributed by atoms with Crippen LogP contribution in [0, 0.1) is 0 Å². The number of ether oxygens (including phenoxy) is 1. The molecule has 1 amide bonds. The minimum Gasteiger partial charge on any atom is -0.385 e. The Labute approximate surface area is 124 Å². The number of hydrogen-bond acceptors (Lipinski definition) is 4. The lowest BCUT2D eigenvalue weighted by Gasteiger charge is -2.10. The van der Waals surface area contributed by atoms with Gasteiger partial charge in [-0.25, -0.2) is 0 Å². The largest absolute Gasteiger partial charge is 0.385 e. The fraction of sp³-hybridized carbons (Fsp3) is 0.250. The second kappa shape index (κ2) is 7.40. The first-order chi connectivity index (χ1) is 10.2. The lowest BCUT2D eigenvalue weighted by atomic mass is 10.2. The van der Waals surface area contributed by atoms with Crippen molar-refractivity contribution in [2.45, 2.75) is 13.5 Å². The Morgan fingerprint density at radius 2 is 2.10 bits per heavy atom. The van der Waals surface area contributed by atoms with Crippen LogP contribution in [0.25, 0.3) is 0 Å². The number of carbonyl (C=O) groups excluding carboxylic acids is 1. The Hall–Kier alpha value is -2.40. The van der Waals surface area contributed by atoms with Crippen LogP contribution in [0.3, 0.4) is 0 Å². The molecule has 1 aromatic carbocycles. The zero-order valence-electron chi connectivity index (χ0n) is 12.2. The summed E-state index contributed by atoms with van der Waals surface area (Å²) >= 11 is 0. The number of methoxy groups -OCH3 is 1. The van der Waals surface area contributed by atoms with E-state index in [1.165, 1.54) is 0 Å². The highest BCUT2D eigenvalue weighted by Crippen LogP contribution is 2.17. The molecule has 0 bridgehead atoms. The third-order valence-electron chi connectivity index (χ3n) is 2.94. The molecule has 110 valence electrons. The molecule has 2 N–H and O–H groups in total. The predicted molar refractivity (Wildman–Crippen MR) is 83.5 cm³/mol. The first-order valence-electron chi connectivity index (χ1n) is 6.82. The first kappa shape index (κ1) is 15.0. The highest BCUT2D eigenvalue weighted by molar-refractivity contribution is 6.03. The molecule has 0 saturated heterocycles. The molecule has 5 heteroatoms. The van der Waals surface area contributed by atoms with Crippen molar-refractivity contribution in [3.8, 4) is 0 Å². The van der Waals surface area contributed by atoms with Crippen LogP contribution in [0.5, 0.6) is 0 Å². The lowest BCUT2D eigenvalue weighted by Crippen LogP contribution is -2.15. The van der Waals surface area contributed by atoms with Crippen LogP contribution in [-0.4, -0.2) is 24.5 Å². The van der Waals surface area contributed by atoms with Crippen molar-refractivity contribution in [3.05, 3.63) is 53.9 Å². The van der Waals surface area contributed by atoms with Gasteiger partial charge < -0.3 is 15.4 Å². The molecule has 1 heterocycles. The number of para-hydroxylation sites is 1. The fourth-order valence-corrected chi connectivity index (χ4v) is 1.98. The Kier molecular flexibility index (Phi) is 5.29. The molecule has 21 heavy (non-hydrogen) atoms. The van der Waals surface area contributed by atoms with Gasteiger partial charge in [-0.3, -0.25) is 9.78 Å². The van der Waals surface area contributed by atoms with Gasteiger partial charge in [0.05, 0.1) is 6.61 Å². The summed E-state index contributed by atoms with van der Waals surface area (Å²) in [7, 11) is 1.63. The van der Waals surface area contributed by atoms with Crippen LogP contribution < -0.4 is 10.6 Å². The van der Waals surface area contributed by atoms with E-state index in [1.54, 1.807) is 19.4 Å². The van der Waals surface area contributed by atoms with Crippen molar-refractivity contribution in [2.24, 2.45) is 0 Å². The quantitative estimate of drug-likeness (QED) is 0.856. The van der Waals surface area contributed by atoms with Gasteiger partial charge in [-0.05, 0) is 25.1 Å². The van der Waals surface area contributed by atoms with Gasteiger partial charge >= 0.3 is 0 Å². The fourth-order valence-electron chi connectivity index (χ4n) is 1.98. The van der Waals surface area contributed by atoms with Crippen molar-refractivity contribution in [3.63, 3.8) is 0 Å². The number of rotatable bonds is 6. The van der Waals surface area contributed by atoms with Crippen LogP contribution >= 0.6 is 0 Å². The third-order valence-corrected chi connectivity index (χ3v) is 2.94. The molecule has 0 atom stereocenters. The Balaban J connectivity index is 2.16. The zero-order chi connectivity index (χ0) is 15.1. The molecule has 0 aliphatic carbocycles. The van der Waals surface area contributed by atoms with E-state index in [0.717, 1.165) is 23.5 Å². The van der Waals surface area contributed by atoms with Gasteiger partial charge in [0.25, 0.3) is 5.91 Å². The molecular weight excluding hydrogens is 266 g/mol. The van der Waals surface area contributed by atoms with Gasteiger partial charge in [0.2, 0.25) is 0 Å². The maximum atomic E-state index is 12.3. The van der Waals surface area contributed by atoms with Crippen molar-refractivity contribution < 1.29 is 9.53 Å². The minimum absolute atomic E-state index is 0.238. The maximum absolute atomic E-state index is 12.3. The summed E-state index contributed by atoms with van der Waals surface area (Å²) in [6.45, 7) is 3.24. The van der Waals surface area contributed by atoms with Gasteiger partial charge in [-0.1, -0.05) is 18.2 Å². The van der Waals surface area contributed by atoms with E-state index in [4.69, 9.17) is 4.74 Å². The molecule has 0 radical (unpaired) electrons. The summed E-state index contributed by atoms with van der Waals surface area (Å²) in [6.07, 6.45) is 1.62. The zero-order valence-corrected chi connectivity index (χ0v) is 12.2. The molecule has 0 unspecified atom stereocenters. The summed E-state index contributed by atoms with van der Waals surface area (Å²) in [5.74, 6) is -0.238. The molecule has 5 nitrogen and oxygen atoms in total. The number of carbonyl (C=O) groups is 1. The third kappa shape index (κ3) is 4.03. The highest BCUT2D eigenvalue weighted by atomic mass is 16.5. The monoisotopic (exact) mass is 285 g/mol. The Bertz CT molecular complexity index is 614. The van der Waals surface area contributed by atoms with Crippen molar-refractivity contribution in [1.29, 1.82) is 0 Å². The smallest absolute Gasteiger partial charge is 0.274 e. The topological polar surface area (TPSA) is 63.2 Å². The molecule has 0 aliphatic heterocycles. The van der Waals surface area contributed by atoms with E-state index in [1.807, 2.05) is 37.3 Å². The van der Waals surface area contributed by atoms with Gasteiger partial charge in [0.15, 0.2) is 0 Å². The number of nitrogens with zero attached hydrogens (tertiary/aromatic N) is 1. The van der Waals surface area contributed by atoms with E-state index >= 15 is 0 Å². The van der Waals surface area contributed by atoms with Gasteiger partial charge in [-0.15, -0.1) is 0 Å². The van der Waals surface area contributed by atoms with E-state index in [9.17, 15) is 4.79 Å². The second-order valence-electron chi connectivity index (χ2n) is 4.50. The number of anilines is 2. The standard InChI is InChI=1S/C16H19N3O2/c1-3-17-13-8-9-18-15(10-13)16(20)19-14-7-5-4-6-12(14)11-21-2/h4-10H,3,11H2,1-2H3,(H,17,18)(H,19,20). The number of hydrogen-bond donors (Lipinski definition) is 2. The molecule has 0 spiro atoms. The molecule has 2 rings (SSSR count). The average Bonchev–Trinajstić information content (AvgIpc) is 2.50. The molecule has 0 fully saturated rings. The number of amides is 1. The number of aromatic nitrogens is 1. The molecule has 0 aliphatic rings. The summed E-state index contributed by atoms with van der Waals surface area (Å²) in [4.78, 5) is 16.4. The normalized spacial score (nSPS) is 10.2. The van der Waals surface area contributed by atoms with E-state index in [-0.39, 0.29) is 5.91 Å². The van der Waals surface area contributed by atoms with E-state index in [2.05, 4.69) is 15.6 Å². The molecular formula is C16H19N3O2. The van der Waals surface area contributed by atoms with Gasteiger partial charge in [-0.2, -0.15) is 0 Å². The Morgan fingerprint density at radius 1 is 1.29 bits per heavy atom. The van der Waals surface area contributed by atoms with Crippen LogP contribution in [-0.2, 0) is 11.3 Å². The molecule has 0 saturated carbocycles. The summed E-state index contributed by atoms with van der Waals surface area (Å²) in [5.41, 5.74) is 2.92. The van der Waals surface area contributed by atoms with Gasteiger partial charge in [0, 0.05) is 36.8 Å². The van der Waals surface area contributed by atoms with E-state index in [0.29, 0.717) is 12.3 Å². The van der Waals surface area contributed by atoms with Crippen LogP contribution in [0.2, 0.25) is 0 Å². The lowest BCUT2D eigenvalue weighted by molar-refractivity contribution is 0.102. The Morgan fingerprint density at radius 3 is 2.86 bits per heavy atom. The number of pyridine rings is 1. The molecule has 2 aromatic rings.